The molecular formula is C48H66ClN5O14S2. The Morgan fingerprint density at radius 3 is 2.50 bits per heavy atom. The lowest BCUT2D eigenvalue weighted by molar-refractivity contribution is -0.162. The van der Waals surface area contributed by atoms with Crippen molar-refractivity contribution in [2.24, 2.45) is 5.92 Å². The summed E-state index contributed by atoms with van der Waals surface area (Å²) in [5, 5.41) is 17.4. The number of rotatable bonds is 19. The number of alkyl carbamates (subject to hydrolysis) is 1. The summed E-state index contributed by atoms with van der Waals surface area (Å²) in [7, 11) is 9.10. The summed E-state index contributed by atoms with van der Waals surface area (Å²) in [6.07, 6.45) is 3.82. The van der Waals surface area contributed by atoms with Gasteiger partial charge in [0.2, 0.25) is 17.7 Å². The van der Waals surface area contributed by atoms with E-state index in [9.17, 15) is 38.7 Å². The maximum atomic E-state index is 14.3. The van der Waals surface area contributed by atoms with Crippen LogP contribution >= 0.6 is 33.2 Å². The lowest BCUT2D eigenvalue weighted by Crippen LogP contribution is -2.63. The van der Waals surface area contributed by atoms with Gasteiger partial charge in [-0.15, -0.1) is 0 Å². The quantitative estimate of drug-likeness (QED) is 0.0569. The van der Waals surface area contributed by atoms with Crippen molar-refractivity contribution in [2.75, 3.05) is 65.3 Å². The number of likely N-dealkylation sites (N-methyl/N-ethyl adjacent to an activating group) is 1. The molecule has 1 unspecified atom stereocenters. The third-order valence-electron chi connectivity index (χ3n) is 12.9. The topological polar surface area (TPSA) is 232 Å². The maximum absolute atomic E-state index is 14.3. The smallest absolute Gasteiger partial charge is 0.409 e. The van der Waals surface area contributed by atoms with Gasteiger partial charge in [-0.05, 0) is 51.3 Å². The molecule has 1 aromatic rings. The Morgan fingerprint density at radius 1 is 1.10 bits per heavy atom. The van der Waals surface area contributed by atoms with E-state index >= 15 is 0 Å². The van der Waals surface area contributed by atoms with Gasteiger partial charge >= 0.3 is 12.1 Å². The number of fused-ring (bicyclic) bond motifs is 5. The van der Waals surface area contributed by atoms with E-state index < -0.39 is 65.7 Å². The summed E-state index contributed by atoms with van der Waals surface area (Å²) in [5.74, 6) is -2.07. The monoisotopic (exact) mass is 1040 g/mol. The highest BCUT2D eigenvalue weighted by atomic mass is 35.5. The van der Waals surface area contributed by atoms with Crippen molar-refractivity contribution in [3.63, 3.8) is 0 Å². The molecule has 1 aromatic carbocycles. The molecule has 5 rings (SSSR count). The molecule has 6 amide bonds. The van der Waals surface area contributed by atoms with Gasteiger partial charge in [-0.25, -0.2) is 9.59 Å². The molecule has 0 spiro atoms. The van der Waals surface area contributed by atoms with Crippen LogP contribution in [0.4, 0.5) is 10.5 Å². The van der Waals surface area contributed by atoms with E-state index in [1.165, 1.54) is 43.2 Å². The third kappa shape index (κ3) is 14.5. The maximum Gasteiger partial charge on any atom is 0.409 e. The van der Waals surface area contributed by atoms with Gasteiger partial charge in [0.05, 0.1) is 45.1 Å². The Balaban J connectivity index is 1.19. The highest BCUT2D eigenvalue weighted by Crippen LogP contribution is 2.49. The van der Waals surface area contributed by atoms with E-state index in [0.29, 0.717) is 36.6 Å². The number of carbonyl (C=O) groups excluding carboxylic acids is 7. The van der Waals surface area contributed by atoms with E-state index in [2.05, 4.69) is 10.6 Å². The SMILES string of the molecule is COc1cc2cc(c1Cl)N(C)C(=O)C[C@H](OC(=O)[C@H](C)N(C)C(=O)CCC(C)SSCCNC(=O)CCOCCN1C(=O)C=CC1=O)[C@]1(C)O[C@H]1[C@H](C)[C@@H]1C[C@@](O)(NC(=O)O1)[C@H](OC)/C=C/C=C(\C)C2. The van der Waals surface area contributed by atoms with Gasteiger partial charge in [-0.3, -0.25) is 34.2 Å². The number of esters is 1. The van der Waals surface area contributed by atoms with Crippen LogP contribution in [0.2, 0.25) is 5.02 Å². The largest absolute Gasteiger partial charge is 0.495 e. The molecule has 0 radical (unpaired) electrons. The van der Waals surface area contributed by atoms with Crippen LogP contribution in [-0.4, -0.2) is 164 Å². The first-order valence-electron chi connectivity index (χ1n) is 23.1. The van der Waals surface area contributed by atoms with Crippen LogP contribution in [0.25, 0.3) is 0 Å². The zero-order valence-corrected chi connectivity index (χ0v) is 43.5. The summed E-state index contributed by atoms with van der Waals surface area (Å²) < 4.78 is 34.8. The van der Waals surface area contributed by atoms with Crippen LogP contribution < -0.4 is 20.3 Å². The van der Waals surface area contributed by atoms with E-state index in [4.69, 9.17) is 40.0 Å². The minimum absolute atomic E-state index is 0.0607. The van der Waals surface area contributed by atoms with Gasteiger partial charge in [0.1, 0.15) is 40.7 Å². The summed E-state index contributed by atoms with van der Waals surface area (Å²) in [5.41, 5.74) is -1.07. The molecular weight excluding hydrogens is 970 g/mol. The molecule has 70 heavy (non-hydrogen) atoms. The van der Waals surface area contributed by atoms with Crippen molar-refractivity contribution in [1.29, 1.82) is 0 Å². The number of imide groups is 1. The summed E-state index contributed by atoms with van der Waals surface area (Å²) in [6.45, 7) is 9.77. The summed E-state index contributed by atoms with van der Waals surface area (Å²) in [6, 6.07) is 2.51. The highest BCUT2D eigenvalue weighted by molar-refractivity contribution is 8.76. The van der Waals surface area contributed by atoms with Crippen LogP contribution in [0.3, 0.4) is 0 Å². The lowest BCUT2D eigenvalue weighted by Gasteiger charge is -2.42. The molecule has 4 heterocycles. The van der Waals surface area contributed by atoms with Gasteiger partial charge < -0.3 is 48.6 Å². The van der Waals surface area contributed by atoms with E-state index in [-0.39, 0.29) is 79.3 Å². The minimum Gasteiger partial charge on any atom is -0.495 e. The number of methoxy groups -OCH3 is 2. The number of aliphatic hydroxyl groups is 1. The molecule has 22 heteroatoms. The molecule has 386 valence electrons. The van der Waals surface area contributed by atoms with Crippen molar-refractivity contribution in [3.05, 3.63) is 58.7 Å². The number of amides is 6. The first-order valence-corrected chi connectivity index (χ1v) is 25.9. The second kappa shape index (κ2) is 25.1. The third-order valence-corrected chi connectivity index (χ3v) is 16.2. The van der Waals surface area contributed by atoms with Gasteiger partial charge in [-0.1, -0.05) is 70.8 Å². The van der Waals surface area contributed by atoms with Gasteiger partial charge in [0.25, 0.3) is 11.8 Å². The number of nitrogens with zero attached hydrogens (tertiary/aromatic N) is 3. The number of carbonyl (C=O) groups is 7. The van der Waals surface area contributed by atoms with Crippen molar-refractivity contribution in [1.82, 2.24) is 20.4 Å². The number of halogens is 1. The number of hydrogen-bond acceptors (Lipinski definition) is 16. The number of hydrogen-bond donors (Lipinski definition) is 3. The van der Waals surface area contributed by atoms with E-state index in [1.807, 2.05) is 19.9 Å². The van der Waals surface area contributed by atoms with Crippen molar-refractivity contribution < 1.29 is 67.1 Å². The van der Waals surface area contributed by atoms with Gasteiger partial charge in [0, 0.05) is 76.1 Å². The Morgan fingerprint density at radius 2 is 1.81 bits per heavy atom. The number of epoxide rings is 1. The van der Waals surface area contributed by atoms with Crippen molar-refractivity contribution in [2.45, 2.75) is 120 Å². The molecule has 0 saturated carbocycles. The molecule has 9 atom stereocenters. The lowest BCUT2D eigenvalue weighted by atomic mass is 9.83. The fourth-order valence-corrected chi connectivity index (χ4v) is 10.9. The van der Waals surface area contributed by atoms with E-state index in [1.54, 1.807) is 73.7 Å². The van der Waals surface area contributed by atoms with E-state index in [0.717, 1.165) is 16.0 Å². The standard InChI is InChI=1S/C48H66ClN5O14S2/c1-28-11-10-12-36(64-9)48(62)27-35(66-46(61)51-48)30(3)44-47(5,68-44)37(26-42(59)53(7)33-24-32(23-28)25-34(63-8)43(33)49)67-45(60)31(4)52(6)39(56)14-13-29(2)70-69-22-18-50-38(55)17-20-65-21-19-54-40(57)15-16-41(54)58/h10-12,15-16,24-25,29-31,35-37,44,62H,13-14,17-23,26-27H2,1-9H3,(H,50,55)(H,51,61)/b12-10+,28-11+/t29?,30-,31+,35+,36-,37+,44+,47+,48+/m1/s1. The molecule has 19 nitrogen and oxygen atoms in total. The number of benzene rings is 1. The Kier molecular flexibility index (Phi) is 20.2. The summed E-state index contributed by atoms with van der Waals surface area (Å²) >= 11 is 6.81. The first-order chi connectivity index (χ1) is 33.1. The average Bonchev–Trinajstić information content (AvgIpc) is 3.92. The molecule has 0 aliphatic carbocycles. The molecule has 0 aromatic heterocycles. The molecule has 3 N–H and O–H groups in total. The van der Waals surface area contributed by atoms with Crippen molar-refractivity contribution in [3.8, 4) is 5.75 Å². The number of allylic oxidation sites excluding steroid dienone is 3. The van der Waals surface area contributed by atoms with Crippen molar-refractivity contribution >= 4 is 80.5 Å². The molecule has 4 bridgehead atoms. The van der Waals surface area contributed by atoms with Crippen LogP contribution in [0.1, 0.15) is 72.3 Å². The molecule has 2 saturated heterocycles. The van der Waals surface area contributed by atoms with Crippen LogP contribution in [-0.2, 0) is 58.9 Å². The zero-order chi connectivity index (χ0) is 51.5. The first kappa shape index (κ1) is 56.3. The molecule has 4 aliphatic rings. The zero-order valence-electron chi connectivity index (χ0n) is 41.2. The van der Waals surface area contributed by atoms with Crippen LogP contribution in [0.15, 0.2) is 48.1 Å². The molecule has 4 aliphatic heterocycles. The normalized spacial score (nSPS) is 27.9. The second-order valence-electron chi connectivity index (χ2n) is 18.0. The number of ether oxygens (including phenoxy) is 6. The molecule has 2 fully saturated rings. The fourth-order valence-electron chi connectivity index (χ4n) is 8.33. The second-order valence-corrected chi connectivity index (χ2v) is 21.3. The van der Waals surface area contributed by atoms with Crippen LogP contribution in [0, 0.1) is 5.92 Å². The summed E-state index contributed by atoms with van der Waals surface area (Å²) in [4.78, 5) is 94.0. The average molecular weight is 1040 g/mol. The Bertz CT molecular complexity index is 2200. The highest BCUT2D eigenvalue weighted by Gasteiger charge is 2.64. The predicted molar refractivity (Wildman–Crippen MR) is 264 cm³/mol. The fraction of sp³-hybridized carbons (Fsp3) is 0.604. The van der Waals surface area contributed by atoms with Gasteiger partial charge in [0.15, 0.2) is 5.72 Å². The predicted octanol–water partition coefficient (Wildman–Crippen LogP) is 4.51. The Labute approximate surface area is 422 Å². The number of nitrogens with one attached hydrogen (secondary N) is 2. The van der Waals surface area contributed by atoms with Crippen LogP contribution in [0.5, 0.6) is 5.75 Å². The number of anilines is 1. The Hall–Kier alpha value is -4.64. The minimum atomic E-state index is -1.86. The van der Waals surface area contributed by atoms with Gasteiger partial charge in [-0.2, -0.15) is 0 Å².